The van der Waals surface area contributed by atoms with E-state index in [4.69, 9.17) is 11.3 Å². The highest BCUT2D eigenvalue weighted by atomic mass is 32.2. The van der Waals surface area contributed by atoms with Crippen molar-refractivity contribution in [3.05, 3.63) is 136 Å². The summed E-state index contributed by atoms with van der Waals surface area (Å²) in [6.07, 6.45) is 2.36. The molecule has 0 bridgehead atoms. The highest BCUT2D eigenvalue weighted by Crippen LogP contribution is 2.30. The van der Waals surface area contributed by atoms with Crippen molar-refractivity contribution in [3.63, 3.8) is 0 Å². The fourth-order valence-corrected chi connectivity index (χ4v) is 5.60. The molecule has 1 N–H and O–H groups in total. The van der Waals surface area contributed by atoms with E-state index >= 15 is 0 Å². The molecule has 1 amide bonds. The smallest absolute Gasteiger partial charge is 0.328 e. The summed E-state index contributed by atoms with van der Waals surface area (Å²) in [5.41, 5.74) is 5.94. The van der Waals surface area contributed by atoms with Crippen molar-refractivity contribution in [1.82, 2.24) is 5.32 Å². The summed E-state index contributed by atoms with van der Waals surface area (Å²) in [6.45, 7) is 9.96. The second kappa shape index (κ2) is 15.9. The van der Waals surface area contributed by atoms with Crippen molar-refractivity contribution in [2.75, 3.05) is 24.0 Å². The number of carbonyl (C=O) groups excluding carboxylic acids is 2. The van der Waals surface area contributed by atoms with Crippen molar-refractivity contribution >= 4 is 29.3 Å². The monoisotopic (exact) mass is 627 g/mol. The lowest BCUT2D eigenvalue weighted by Crippen LogP contribution is -2.42. The van der Waals surface area contributed by atoms with E-state index in [1.165, 1.54) is 19.2 Å². The minimum Gasteiger partial charge on any atom is -0.467 e. The molecule has 0 fully saturated rings. The Balaban J connectivity index is 1.74. The van der Waals surface area contributed by atoms with Crippen LogP contribution in [0.1, 0.15) is 39.0 Å². The molecule has 0 radical (unpaired) electrons. The number of benzene rings is 4. The summed E-state index contributed by atoms with van der Waals surface area (Å²) in [5.74, 6) is -1.53. The topological polar surface area (TPSA) is 63.0 Å². The van der Waals surface area contributed by atoms with Gasteiger partial charge in [0, 0.05) is 36.0 Å². The fraction of sp³-hybridized carbons (Fsp3) is 0.250. The van der Waals surface area contributed by atoms with Crippen LogP contribution in [0.4, 0.5) is 14.5 Å². The van der Waals surface area contributed by atoms with Gasteiger partial charge in [-0.2, -0.15) is 11.8 Å². The Labute approximate surface area is 267 Å². The number of hydrogen-bond donors (Lipinski definition) is 1. The van der Waals surface area contributed by atoms with E-state index in [-0.39, 0.29) is 13.1 Å². The number of amides is 1. The molecule has 1 atom stereocenters. The lowest BCUT2D eigenvalue weighted by Gasteiger charge is -2.26. The molecule has 45 heavy (non-hydrogen) atoms. The molecule has 0 saturated carbocycles. The van der Waals surface area contributed by atoms with Gasteiger partial charge in [-0.25, -0.2) is 20.1 Å². The second-order valence-electron chi connectivity index (χ2n) is 10.6. The summed E-state index contributed by atoms with van der Waals surface area (Å²) in [4.78, 5) is 31.5. The first kappa shape index (κ1) is 33.2. The summed E-state index contributed by atoms with van der Waals surface area (Å²) < 4.78 is 33.2. The van der Waals surface area contributed by atoms with Crippen LogP contribution in [0, 0.1) is 25.1 Å². The molecule has 232 valence electrons. The Morgan fingerprint density at radius 2 is 1.58 bits per heavy atom. The Bertz CT molecular complexity index is 1670. The maximum absolute atomic E-state index is 14.1. The number of ether oxygens (including phenoxy) is 1. The zero-order valence-electron chi connectivity index (χ0n) is 25.5. The molecule has 0 saturated heterocycles. The number of nitrogens with one attached hydrogen (secondary N) is 1. The molecule has 9 heteroatoms. The fourth-order valence-electron chi connectivity index (χ4n) is 5.13. The van der Waals surface area contributed by atoms with Crippen molar-refractivity contribution in [2.24, 2.45) is 0 Å². The third-order valence-corrected chi connectivity index (χ3v) is 8.04. The summed E-state index contributed by atoms with van der Waals surface area (Å²) in [6, 6.07) is 23.5. The van der Waals surface area contributed by atoms with E-state index in [0.717, 1.165) is 34.0 Å². The molecule has 0 spiro atoms. The number of thioether (sulfide) groups is 1. The SMILES string of the molecule is [C-]#[N+]Cc1ccc(N(Cc2cc(F)cc(F)c2)Cc2ccc(C(=O)NC(CCSC)C(=O)OC)c(-c3ccccc3C)c2)cc1. The van der Waals surface area contributed by atoms with E-state index in [1.807, 2.05) is 78.7 Å². The molecule has 0 aliphatic carbocycles. The Kier molecular flexibility index (Phi) is 11.7. The maximum atomic E-state index is 14.1. The second-order valence-corrected chi connectivity index (χ2v) is 11.6. The van der Waals surface area contributed by atoms with Gasteiger partial charge < -0.3 is 19.8 Å². The number of anilines is 1. The van der Waals surface area contributed by atoms with Gasteiger partial charge in [-0.15, -0.1) is 0 Å². The van der Waals surface area contributed by atoms with Crippen LogP contribution >= 0.6 is 11.8 Å². The van der Waals surface area contributed by atoms with Crippen molar-refractivity contribution < 1.29 is 23.1 Å². The van der Waals surface area contributed by atoms with Gasteiger partial charge in [0.05, 0.1) is 7.11 Å². The van der Waals surface area contributed by atoms with Gasteiger partial charge in [0.2, 0.25) is 6.54 Å². The highest BCUT2D eigenvalue weighted by molar-refractivity contribution is 7.98. The lowest BCUT2D eigenvalue weighted by atomic mass is 9.93. The lowest BCUT2D eigenvalue weighted by molar-refractivity contribution is -0.142. The van der Waals surface area contributed by atoms with Crippen LogP contribution in [0.15, 0.2) is 84.9 Å². The normalized spacial score (nSPS) is 11.4. The first-order chi connectivity index (χ1) is 21.7. The van der Waals surface area contributed by atoms with Crippen molar-refractivity contribution in [2.45, 2.75) is 39.0 Å². The third kappa shape index (κ3) is 8.93. The number of halogens is 2. The summed E-state index contributed by atoms with van der Waals surface area (Å²) >= 11 is 1.58. The number of carbonyl (C=O) groups is 2. The van der Waals surface area contributed by atoms with Gasteiger partial charge in [-0.05, 0) is 102 Å². The summed E-state index contributed by atoms with van der Waals surface area (Å²) in [5, 5.41) is 2.86. The number of nitrogens with zero attached hydrogens (tertiary/aromatic N) is 2. The number of hydrogen-bond acceptors (Lipinski definition) is 5. The quantitative estimate of drug-likeness (QED) is 0.122. The molecule has 0 heterocycles. The van der Waals surface area contributed by atoms with Crippen LogP contribution < -0.4 is 10.2 Å². The minimum absolute atomic E-state index is 0.217. The predicted molar refractivity (Wildman–Crippen MR) is 176 cm³/mol. The maximum Gasteiger partial charge on any atom is 0.328 e. The highest BCUT2D eigenvalue weighted by Gasteiger charge is 2.24. The van der Waals surface area contributed by atoms with E-state index in [0.29, 0.717) is 35.4 Å². The van der Waals surface area contributed by atoms with Crippen LogP contribution in [-0.4, -0.2) is 37.0 Å². The standard InChI is InChI=1S/C36H35F2N3O3S/c1-24-7-5-6-8-31(24)33-19-26(11-14-32(33)35(42)40-34(15-16-45-4)36(43)44-3)22-41(23-27-17-28(37)20-29(38)18-27)30-12-9-25(10-13-30)21-39-2/h5-14,17-20,34H,15-16,21-23H2,1,3-4H3,(H,40,42). The van der Waals surface area contributed by atoms with E-state index in [9.17, 15) is 18.4 Å². The van der Waals surface area contributed by atoms with Gasteiger partial charge in [0.25, 0.3) is 5.91 Å². The number of aryl methyl sites for hydroxylation is 1. The molecule has 1 unspecified atom stereocenters. The van der Waals surface area contributed by atoms with Crippen LogP contribution in [0.25, 0.3) is 16.0 Å². The first-order valence-electron chi connectivity index (χ1n) is 14.4. The zero-order chi connectivity index (χ0) is 32.3. The number of esters is 1. The molecule has 4 rings (SSSR count). The van der Waals surface area contributed by atoms with E-state index in [2.05, 4.69) is 10.2 Å². The molecule has 6 nitrogen and oxygen atoms in total. The average molecular weight is 628 g/mol. The molecule has 0 aromatic heterocycles. The van der Waals surface area contributed by atoms with Crippen molar-refractivity contribution in [1.29, 1.82) is 0 Å². The summed E-state index contributed by atoms with van der Waals surface area (Å²) in [7, 11) is 1.30. The molecular weight excluding hydrogens is 592 g/mol. The number of methoxy groups -OCH3 is 1. The molecule has 4 aromatic rings. The minimum atomic E-state index is -0.785. The Morgan fingerprint density at radius 1 is 0.911 bits per heavy atom. The van der Waals surface area contributed by atoms with E-state index in [1.54, 1.807) is 17.8 Å². The number of rotatable bonds is 13. The van der Waals surface area contributed by atoms with Crippen molar-refractivity contribution in [3.8, 4) is 11.1 Å². The van der Waals surface area contributed by atoms with Gasteiger partial charge in [-0.1, -0.05) is 30.3 Å². The van der Waals surface area contributed by atoms with Gasteiger partial charge in [-0.3, -0.25) is 4.79 Å². The predicted octanol–water partition coefficient (Wildman–Crippen LogP) is 7.59. The van der Waals surface area contributed by atoms with Gasteiger partial charge >= 0.3 is 5.97 Å². The van der Waals surface area contributed by atoms with Crippen LogP contribution in [0.5, 0.6) is 0 Å². The van der Waals surface area contributed by atoms with Crippen LogP contribution in [0.3, 0.4) is 0 Å². The Morgan fingerprint density at radius 3 is 2.22 bits per heavy atom. The zero-order valence-corrected chi connectivity index (χ0v) is 26.3. The van der Waals surface area contributed by atoms with E-state index < -0.39 is 29.6 Å². The van der Waals surface area contributed by atoms with Crippen LogP contribution in [-0.2, 0) is 29.2 Å². The van der Waals surface area contributed by atoms with Gasteiger partial charge in [0.1, 0.15) is 17.7 Å². The molecular formula is C36H35F2N3O3S. The van der Waals surface area contributed by atoms with Crippen LogP contribution in [0.2, 0.25) is 0 Å². The first-order valence-corrected chi connectivity index (χ1v) is 15.8. The Hall–Kier alpha value is -4.68. The molecule has 0 aliphatic heterocycles. The third-order valence-electron chi connectivity index (χ3n) is 7.40. The van der Waals surface area contributed by atoms with Gasteiger partial charge in [0.15, 0.2) is 0 Å². The molecule has 0 aliphatic rings. The average Bonchev–Trinajstić information content (AvgIpc) is 3.02. The largest absolute Gasteiger partial charge is 0.467 e. The molecule has 4 aromatic carbocycles.